The Hall–Kier alpha value is -2.95. The quantitative estimate of drug-likeness (QED) is 0.584. The SMILES string of the molecule is CCn1cc(C(=O)N2CCCCC2Cc2ccc(OC)c(OC)c2)c2ccccc21. The second-order valence-electron chi connectivity index (χ2n) is 7.89. The fraction of sp³-hybridized carbons (Fsp3) is 0.400. The van der Waals surface area contributed by atoms with E-state index in [1.165, 1.54) is 0 Å². The minimum Gasteiger partial charge on any atom is -0.493 e. The lowest BCUT2D eigenvalue weighted by atomic mass is 9.94. The van der Waals surface area contributed by atoms with Crippen molar-refractivity contribution in [3.63, 3.8) is 0 Å². The molecule has 4 rings (SSSR count). The standard InChI is InChI=1S/C25H30N2O3/c1-4-26-17-21(20-10-5-6-11-22(20)26)25(28)27-14-8-7-9-19(27)15-18-12-13-23(29-2)24(16-18)30-3/h5-6,10-13,16-17,19H,4,7-9,14-15H2,1-3H3. The minimum absolute atomic E-state index is 0.142. The molecule has 0 aliphatic carbocycles. The summed E-state index contributed by atoms with van der Waals surface area (Å²) >= 11 is 0. The predicted octanol–water partition coefficient (Wildman–Crippen LogP) is 4.92. The van der Waals surface area contributed by atoms with E-state index < -0.39 is 0 Å². The fourth-order valence-corrected chi connectivity index (χ4v) is 4.59. The van der Waals surface area contributed by atoms with E-state index in [1.54, 1.807) is 14.2 Å². The van der Waals surface area contributed by atoms with Gasteiger partial charge in [-0.2, -0.15) is 0 Å². The molecular weight excluding hydrogens is 376 g/mol. The van der Waals surface area contributed by atoms with Crippen molar-refractivity contribution in [2.45, 2.75) is 45.2 Å². The second-order valence-corrected chi connectivity index (χ2v) is 7.89. The van der Waals surface area contributed by atoms with Crippen LogP contribution in [0.3, 0.4) is 0 Å². The average molecular weight is 407 g/mol. The number of para-hydroxylation sites is 1. The summed E-state index contributed by atoms with van der Waals surface area (Å²) in [5.74, 6) is 1.60. The zero-order chi connectivity index (χ0) is 21.1. The summed E-state index contributed by atoms with van der Waals surface area (Å²) in [6, 6.07) is 14.4. The topological polar surface area (TPSA) is 43.7 Å². The molecule has 1 unspecified atom stereocenters. The van der Waals surface area contributed by atoms with Gasteiger partial charge < -0.3 is 18.9 Å². The number of likely N-dealkylation sites (tertiary alicyclic amines) is 1. The molecule has 0 N–H and O–H groups in total. The first-order chi connectivity index (χ1) is 14.7. The number of amides is 1. The van der Waals surface area contributed by atoms with Crippen molar-refractivity contribution in [2.75, 3.05) is 20.8 Å². The molecule has 1 aliphatic rings. The van der Waals surface area contributed by atoms with Crippen molar-refractivity contribution >= 4 is 16.8 Å². The Balaban J connectivity index is 1.62. The summed E-state index contributed by atoms with van der Waals surface area (Å²) in [6.07, 6.45) is 6.07. The van der Waals surface area contributed by atoms with Crippen LogP contribution < -0.4 is 9.47 Å². The van der Waals surface area contributed by atoms with Crippen LogP contribution in [0.4, 0.5) is 0 Å². The van der Waals surface area contributed by atoms with Crippen LogP contribution in [-0.2, 0) is 13.0 Å². The van der Waals surface area contributed by atoms with Gasteiger partial charge in [-0.1, -0.05) is 24.3 Å². The molecule has 1 atom stereocenters. The molecule has 1 saturated heterocycles. The van der Waals surface area contributed by atoms with Crippen LogP contribution in [0.1, 0.15) is 42.1 Å². The number of aryl methyl sites for hydroxylation is 1. The van der Waals surface area contributed by atoms with Gasteiger partial charge >= 0.3 is 0 Å². The van der Waals surface area contributed by atoms with Crippen LogP contribution in [0.25, 0.3) is 10.9 Å². The fourth-order valence-electron chi connectivity index (χ4n) is 4.59. The van der Waals surface area contributed by atoms with Crippen molar-refractivity contribution in [1.29, 1.82) is 0 Å². The zero-order valence-electron chi connectivity index (χ0n) is 18.1. The van der Waals surface area contributed by atoms with E-state index in [0.717, 1.165) is 72.3 Å². The van der Waals surface area contributed by atoms with Crippen LogP contribution in [0.2, 0.25) is 0 Å². The highest BCUT2D eigenvalue weighted by Gasteiger charge is 2.29. The second kappa shape index (κ2) is 8.82. The van der Waals surface area contributed by atoms with Crippen LogP contribution in [0.15, 0.2) is 48.7 Å². The number of hydrogen-bond donors (Lipinski definition) is 0. The van der Waals surface area contributed by atoms with E-state index in [2.05, 4.69) is 34.6 Å². The molecule has 30 heavy (non-hydrogen) atoms. The molecule has 0 bridgehead atoms. The third kappa shape index (κ3) is 3.76. The van der Waals surface area contributed by atoms with E-state index in [1.807, 2.05) is 30.5 Å². The maximum atomic E-state index is 13.6. The smallest absolute Gasteiger partial charge is 0.256 e. The summed E-state index contributed by atoms with van der Waals surface area (Å²) in [4.78, 5) is 15.7. The number of ether oxygens (including phenoxy) is 2. The van der Waals surface area contributed by atoms with Crippen molar-refractivity contribution in [2.24, 2.45) is 0 Å². The number of carbonyl (C=O) groups excluding carboxylic acids is 1. The van der Waals surface area contributed by atoms with Crippen LogP contribution in [0, 0.1) is 0 Å². The number of methoxy groups -OCH3 is 2. The summed E-state index contributed by atoms with van der Waals surface area (Å²) in [5.41, 5.74) is 3.09. The first-order valence-electron chi connectivity index (χ1n) is 10.8. The molecule has 0 radical (unpaired) electrons. The lowest BCUT2D eigenvalue weighted by Crippen LogP contribution is -2.44. The average Bonchev–Trinajstić information content (AvgIpc) is 3.18. The van der Waals surface area contributed by atoms with Gasteiger partial charge in [0.25, 0.3) is 5.91 Å². The van der Waals surface area contributed by atoms with Gasteiger partial charge in [-0.15, -0.1) is 0 Å². The number of benzene rings is 2. The Morgan fingerprint density at radius 3 is 2.63 bits per heavy atom. The third-order valence-corrected chi connectivity index (χ3v) is 6.17. The summed E-state index contributed by atoms with van der Waals surface area (Å²) in [7, 11) is 3.30. The summed E-state index contributed by atoms with van der Waals surface area (Å²) in [5, 5.41) is 1.04. The van der Waals surface area contributed by atoms with Gasteiger partial charge in [0, 0.05) is 36.2 Å². The van der Waals surface area contributed by atoms with Gasteiger partial charge in [0.05, 0.1) is 19.8 Å². The van der Waals surface area contributed by atoms with Crippen molar-refractivity contribution in [1.82, 2.24) is 9.47 Å². The number of hydrogen-bond acceptors (Lipinski definition) is 3. The molecule has 5 nitrogen and oxygen atoms in total. The maximum absolute atomic E-state index is 13.6. The van der Waals surface area contributed by atoms with Gasteiger partial charge in [0.2, 0.25) is 0 Å². The lowest BCUT2D eigenvalue weighted by molar-refractivity contribution is 0.0615. The Morgan fingerprint density at radius 2 is 1.87 bits per heavy atom. The highest BCUT2D eigenvalue weighted by molar-refractivity contribution is 6.07. The van der Waals surface area contributed by atoms with Crippen molar-refractivity contribution in [3.05, 3.63) is 59.8 Å². The molecule has 1 fully saturated rings. The van der Waals surface area contributed by atoms with Crippen LogP contribution in [0.5, 0.6) is 11.5 Å². The molecule has 1 aliphatic heterocycles. The Labute approximate surface area is 178 Å². The molecule has 0 spiro atoms. The van der Waals surface area contributed by atoms with Crippen LogP contribution >= 0.6 is 0 Å². The first kappa shape index (κ1) is 20.3. The highest BCUT2D eigenvalue weighted by atomic mass is 16.5. The number of piperidine rings is 1. The molecule has 0 saturated carbocycles. The van der Waals surface area contributed by atoms with Gasteiger partial charge in [-0.25, -0.2) is 0 Å². The number of aromatic nitrogens is 1. The monoisotopic (exact) mass is 406 g/mol. The molecular formula is C25H30N2O3. The number of rotatable bonds is 6. The Bertz CT molecular complexity index is 1040. The van der Waals surface area contributed by atoms with E-state index in [-0.39, 0.29) is 11.9 Å². The Kier molecular flexibility index (Phi) is 5.98. The lowest BCUT2D eigenvalue weighted by Gasteiger charge is -2.36. The van der Waals surface area contributed by atoms with Crippen molar-refractivity contribution < 1.29 is 14.3 Å². The van der Waals surface area contributed by atoms with Gasteiger partial charge in [0.15, 0.2) is 11.5 Å². The first-order valence-corrected chi connectivity index (χ1v) is 10.8. The van der Waals surface area contributed by atoms with Crippen molar-refractivity contribution in [3.8, 4) is 11.5 Å². The zero-order valence-corrected chi connectivity index (χ0v) is 18.1. The van der Waals surface area contributed by atoms with E-state index >= 15 is 0 Å². The molecule has 1 aromatic heterocycles. The molecule has 1 amide bonds. The van der Waals surface area contributed by atoms with Gasteiger partial charge in [-0.3, -0.25) is 4.79 Å². The Morgan fingerprint density at radius 1 is 1.07 bits per heavy atom. The normalized spacial score (nSPS) is 16.6. The van der Waals surface area contributed by atoms with Gasteiger partial charge in [-0.05, 0) is 56.4 Å². The third-order valence-electron chi connectivity index (χ3n) is 6.17. The largest absolute Gasteiger partial charge is 0.493 e. The van der Waals surface area contributed by atoms with E-state index in [0.29, 0.717) is 0 Å². The molecule has 3 aromatic rings. The minimum atomic E-state index is 0.142. The number of nitrogens with zero attached hydrogens (tertiary/aromatic N) is 2. The predicted molar refractivity (Wildman–Crippen MR) is 120 cm³/mol. The molecule has 5 heteroatoms. The van der Waals surface area contributed by atoms with Crippen LogP contribution in [-0.4, -0.2) is 42.2 Å². The molecule has 2 heterocycles. The highest BCUT2D eigenvalue weighted by Crippen LogP contribution is 2.31. The van der Waals surface area contributed by atoms with Gasteiger partial charge in [0.1, 0.15) is 0 Å². The summed E-state index contributed by atoms with van der Waals surface area (Å²) in [6.45, 7) is 3.77. The number of fused-ring (bicyclic) bond motifs is 1. The molecule has 158 valence electrons. The summed E-state index contributed by atoms with van der Waals surface area (Å²) < 4.78 is 13.0. The maximum Gasteiger partial charge on any atom is 0.256 e. The number of carbonyl (C=O) groups is 1. The van der Waals surface area contributed by atoms with E-state index in [4.69, 9.17) is 9.47 Å². The van der Waals surface area contributed by atoms with E-state index in [9.17, 15) is 4.79 Å². The molecule has 2 aromatic carbocycles.